The van der Waals surface area contributed by atoms with E-state index >= 15 is 0 Å². The highest BCUT2D eigenvalue weighted by Crippen LogP contribution is 2.21. The lowest BCUT2D eigenvalue weighted by atomic mass is 10.0. The van der Waals surface area contributed by atoms with Gasteiger partial charge in [-0.2, -0.15) is 5.21 Å². The Bertz CT molecular complexity index is 427. The first-order valence-electron chi connectivity index (χ1n) is 4.50. The molecule has 0 spiro atoms. The molecule has 2 aromatic rings. The van der Waals surface area contributed by atoms with Crippen molar-refractivity contribution in [1.29, 1.82) is 0 Å². The second-order valence-corrected chi connectivity index (χ2v) is 3.47. The highest BCUT2D eigenvalue weighted by molar-refractivity contribution is 5.58. The van der Waals surface area contributed by atoms with Crippen LogP contribution >= 0.6 is 0 Å². The maximum Gasteiger partial charge on any atom is 0.204 e. The number of aromatic amines is 1. The molecule has 4 heteroatoms. The number of rotatable bonds is 1. The normalized spacial score (nSPS) is 10.5. The summed E-state index contributed by atoms with van der Waals surface area (Å²) in [6.07, 6.45) is 0. The third kappa shape index (κ3) is 1.39. The van der Waals surface area contributed by atoms with Crippen LogP contribution < -0.4 is 0 Å². The molecule has 0 saturated carbocycles. The molecule has 1 aromatic heterocycles. The predicted molar refractivity (Wildman–Crippen MR) is 55.9 cm³/mol. The van der Waals surface area contributed by atoms with Crippen LogP contribution in [0.5, 0.6) is 0 Å². The Morgan fingerprint density at radius 1 is 1.14 bits per heavy atom. The number of tetrazole rings is 1. The lowest BCUT2D eigenvalue weighted by Crippen LogP contribution is -1.89. The van der Waals surface area contributed by atoms with Crippen LogP contribution in [0.2, 0.25) is 0 Å². The second kappa shape index (κ2) is 3.21. The largest absolute Gasteiger partial charge is 0.204 e. The Balaban J connectivity index is 0.00000112. The van der Waals surface area contributed by atoms with Gasteiger partial charge in [0.1, 0.15) is 0 Å². The smallest absolute Gasteiger partial charge is 0.177 e. The topological polar surface area (TPSA) is 54.5 Å². The Hall–Kier alpha value is -1.71. The number of H-pyrrole nitrogens is 1. The van der Waals surface area contributed by atoms with Gasteiger partial charge in [0.2, 0.25) is 5.82 Å². The molecule has 1 heterocycles. The van der Waals surface area contributed by atoms with Gasteiger partial charge in [-0.1, -0.05) is 0 Å². The van der Waals surface area contributed by atoms with Crippen LogP contribution in [0.15, 0.2) is 12.1 Å². The first-order valence-corrected chi connectivity index (χ1v) is 4.50. The van der Waals surface area contributed by atoms with Crippen molar-refractivity contribution in [2.45, 2.75) is 20.8 Å². The summed E-state index contributed by atoms with van der Waals surface area (Å²) >= 11 is 0. The van der Waals surface area contributed by atoms with Gasteiger partial charge < -0.3 is 0 Å². The van der Waals surface area contributed by atoms with Crippen molar-refractivity contribution >= 4 is 0 Å². The van der Waals surface area contributed by atoms with Gasteiger partial charge in [0.15, 0.2) is 0 Å². The SMILES string of the molecule is Cc1cc(-c2nn[nH]n2)cc(C)c1C.[HH]. The molecule has 0 radical (unpaired) electrons. The molecule has 0 saturated heterocycles. The fourth-order valence-corrected chi connectivity index (χ4v) is 1.45. The molecule has 0 amide bonds. The van der Waals surface area contributed by atoms with Gasteiger partial charge in [-0.05, 0) is 54.8 Å². The zero-order valence-electron chi connectivity index (χ0n) is 8.50. The van der Waals surface area contributed by atoms with Crippen LogP contribution in [0.25, 0.3) is 11.4 Å². The van der Waals surface area contributed by atoms with Crippen molar-refractivity contribution in [2.75, 3.05) is 0 Å². The summed E-state index contributed by atoms with van der Waals surface area (Å²) in [4.78, 5) is 0. The first kappa shape index (κ1) is 8.87. The lowest BCUT2D eigenvalue weighted by molar-refractivity contribution is 0.881. The zero-order valence-corrected chi connectivity index (χ0v) is 8.50. The van der Waals surface area contributed by atoms with Gasteiger partial charge in [-0.25, -0.2) is 0 Å². The van der Waals surface area contributed by atoms with Crippen LogP contribution in [-0.2, 0) is 0 Å². The molecule has 0 aliphatic heterocycles. The molecular weight excluding hydrogens is 176 g/mol. The van der Waals surface area contributed by atoms with Crippen LogP contribution in [0.1, 0.15) is 18.1 Å². The second-order valence-electron chi connectivity index (χ2n) is 3.47. The Kier molecular flexibility index (Phi) is 2.04. The minimum atomic E-state index is 0. The number of hydrogen-bond acceptors (Lipinski definition) is 3. The van der Waals surface area contributed by atoms with Gasteiger partial charge in [0.25, 0.3) is 0 Å². The standard InChI is InChI=1S/C10H12N4.H2/c1-6-4-9(5-7(2)8(6)3)10-11-13-14-12-10;/h4-5H,1-3H3,(H,11,12,13,14);1H. The van der Waals surface area contributed by atoms with E-state index in [2.05, 4.69) is 53.5 Å². The molecule has 4 nitrogen and oxygen atoms in total. The van der Waals surface area contributed by atoms with E-state index in [0.29, 0.717) is 5.82 Å². The molecule has 0 aliphatic rings. The molecule has 0 fully saturated rings. The molecule has 1 aromatic carbocycles. The zero-order chi connectivity index (χ0) is 10.1. The number of aromatic nitrogens is 4. The third-order valence-electron chi connectivity index (χ3n) is 2.53. The number of benzene rings is 1. The minimum Gasteiger partial charge on any atom is -0.177 e. The van der Waals surface area contributed by atoms with E-state index in [1.165, 1.54) is 16.7 Å². The quantitative estimate of drug-likeness (QED) is 0.748. The fourth-order valence-electron chi connectivity index (χ4n) is 1.45. The molecule has 0 aliphatic carbocycles. The predicted octanol–water partition coefficient (Wildman–Crippen LogP) is 2.04. The van der Waals surface area contributed by atoms with E-state index in [4.69, 9.17) is 0 Å². The maximum absolute atomic E-state index is 3.95. The van der Waals surface area contributed by atoms with Gasteiger partial charge in [0, 0.05) is 6.99 Å². The average molecular weight is 190 g/mol. The maximum atomic E-state index is 3.95. The summed E-state index contributed by atoms with van der Waals surface area (Å²) in [5.41, 5.74) is 4.84. The molecular formula is C10H14N4. The van der Waals surface area contributed by atoms with Crippen LogP contribution in [0.4, 0.5) is 0 Å². The lowest BCUT2D eigenvalue weighted by Gasteiger charge is -2.05. The van der Waals surface area contributed by atoms with Gasteiger partial charge in [0.05, 0.1) is 0 Å². The van der Waals surface area contributed by atoms with Crippen molar-refractivity contribution < 1.29 is 1.43 Å². The molecule has 0 unspecified atom stereocenters. The summed E-state index contributed by atoms with van der Waals surface area (Å²) in [5.74, 6) is 0.649. The van der Waals surface area contributed by atoms with Gasteiger partial charge in [-0.15, -0.1) is 10.2 Å². The molecule has 14 heavy (non-hydrogen) atoms. The number of hydrogen-bond donors (Lipinski definition) is 1. The van der Waals surface area contributed by atoms with E-state index < -0.39 is 0 Å². The summed E-state index contributed by atoms with van der Waals surface area (Å²) in [7, 11) is 0. The Morgan fingerprint density at radius 3 is 2.29 bits per heavy atom. The van der Waals surface area contributed by atoms with E-state index in [0.717, 1.165) is 5.56 Å². The van der Waals surface area contributed by atoms with E-state index in [1.54, 1.807) is 0 Å². The van der Waals surface area contributed by atoms with Crippen molar-refractivity contribution in [2.24, 2.45) is 0 Å². The Labute approximate surface area is 83.8 Å². The van der Waals surface area contributed by atoms with E-state index in [9.17, 15) is 0 Å². The van der Waals surface area contributed by atoms with Crippen molar-refractivity contribution in [3.05, 3.63) is 28.8 Å². The van der Waals surface area contributed by atoms with Crippen molar-refractivity contribution in [1.82, 2.24) is 20.6 Å². The Morgan fingerprint density at radius 2 is 1.79 bits per heavy atom. The summed E-state index contributed by atoms with van der Waals surface area (Å²) in [6, 6.07) is 4.15. The van der Waals surface area contributed by atoms with E-state index in [1.807, 2.05) is 0 Å². The minimum absolute atomic E-state index is 0. The number of aryl methyl sites for hydroxylation is 2. The molecule has 1 N–H and O–H groups in total. The van der Waals surface area contributed by atoms with Crippen molar-refractivity contribution in [3.63, 3.8) is 0 Å². The summed E-state index contributed by atoms with van der Waals surface area (Å²) < 4.78 is 0. The van der Waals surface area contributed by atoms with Crippen molar-refractivity contribution in [3.8, 4) is 11.4 Å². The first-order chi connectivity index (χ1) is 6.68. The average Bonchev–Trinajstić information content (AvgIpc) is 2.66. The molecule has 2 rings (SSSR count). The van der Waals surface area contributed by atoms with Gasteiger partial charge in [-0.3, -0.25) is 0 Å². The fraction of sp³-hybridized carbons (Fsp3) is 0.300. The molecule has 0 bridgehead atoms. The summed E-state index contributed by atoms with van der Waals surface area (Å²) in [5, 5.41) is 13.9. The monoisotopic (exact) mass is 190 g/mol. The van der Waals surface area contributed by atoms with Crippen LogP contribution in [-0.4, -0.2) is 20.6 Å². The highest BCUT2D eigenvalue weighted by Gasteiger charge is 2.06. The highest BCUT2D eigenvalue weighted by atomic mass is 15.5. The number of nitrogens with one attached hydrogen (secondary N) is 1. The van der Waals surface area contributed by atoms with E-state index in [-0.39, 0.29) is 1.43 Å². The summed E-state index contributed by atoms with van der Waals surface area (Å²) in [6.45, 7) is 6.29. The van der Waals surface area contributed by atoms with Gasteiger partial charge >= 0.3 is 0 Å². The van der Waals surface area contributed by atoms with Crippen LogP contribution in [0.3, 0.4) is 0 Å². The third-order valence-corrected chi connectivity index (χ3v) is 2.53. The molecule has 0 atom stereocenters. The van der Waals surface area contributed by atoms with Crippen LogP contribution in [0, 0.1) is 20.8 Å². The molecule has 74 valence electrons. The number of nitrogens with zero attached hydrogens (tertiary/aromatic N) is 3.